The summed E-state index contributed by atoms with van der Waals surface area (Å²) in [5.41, 5.74) is 1.11. The van der Waals surface area contributed by atoms with Crippen molar-refractivity contribution in [3.8, 4) is 5.75 Å². The van der Waals surface area contributed by atoms with Crippen LogP contribution in [0.2, 0.25) is 5.15 Å². The molecule has 0 N–H and O–H groups in total. The first-order valence-corrected chi connectivity index (χ1v) is 9.68. The van der Waals surface area contributed by atoms with Crippen molar-refractivity contribution in [1.29, 1.82) is 0 Å². The van der Waals surface area contributed by atoms with E-state index in [9.17, 15) is 4.79 Å². The number of halogens is 1. The van der Waals surface area contributed by atoms with Gasteiger partial charge in [0.2, 0.25) is 0 Å². The summed E-state index contributed by atoms with van der Waals surface area (Å²) in [7, 11) is 1.53. The number of carbonyl (C=O) groups excluding carboxylic acids is 1. The molecule has 0 radical (unpaired) electrons. The molecule has 0 amide bonds. The van der Waals surface area contributed by atoms with Crippen molar-refractivity contribution in [2.45, 2.75) is 20.8 Å². The van der Waals surface area contributed by atoms with Gasteiger partial charge in [-0.1, -0.05) is 41.1 Å². The van der Waals surface area contributed by atoms with E-state index in [1.165, 1.54) is 18.4 Å². The van der Waals surface area contributed by atoms with Gasteiger partial charge in [-0.05, 0) is 38.5 Å². The van der Waals surface area contributed by atoms with Gasteiger partial charge in [0, 0.05) is 13.1 Å². The van der Waals surface area contributed by atoms with E-state index in [2.05, 4.69) is 23.7 Å². The molecule has 1 aromatic carbocycles. The smallest absolute Gasteiger partial charge is 0.342 e. The standard InChI is InChI=1S/C19H23ClN2O3S/c1-5-22(6-2)19-21-17(20)15(26-19)12-11-13-9-8-10-14(24-4)16(13)18(23)25-7-3/h8-12H,5-7H2,1-4H3/b12-11+. The Balaban J connectivity index is 2.38. The molecule has 0 saturated carbocycles. The van der Waals surface area contributed by atoms with E-state index in [-0.39, 0.29) is 0 Å². The molecule has 0 aliphatic heterocycles. The first kappa shape index (κ1) is 20.3. The summed E-state index contributed by atoms with van der Waals surface area (Å²) in [6.07, 6.45) is 3.70. The minimum absolute atomic E-state index is 0.300. The van der Waals surface area contributed by atoms with Crippen LogP contribution in [0.1, 0.15) is 41.6 Å². The number of thiazole rings is 1. The zero-order valence-electron chi connectivity index (χ0n) is 15.4. The Labute approximate surface area is 163 Å². The second kappa shape index (κ2) is 9.59. The third-order valence-corrected chi connectivity index (χ3v) is 5.29. The zero-order chi connectivity index (χ0) is 19.1. The predicted molar refractivity (Wildman–Crippen MR) is 109 cm³/mol. The van der Waals surface area contributed by atoms with Gasteiger partial charge >= 0.3 is 5.97 Å². The van der Waals surface area contributed by atoms with E-state index in [4.69, 9.17) is 21.1 Å². The minimum atomic E-state index is -0.413. The SMILES string of the molecule is CCOC(=O)c1c(/C=C/c2sc(N(CC)CC)nc2Cl)cccc1OC. The number of ether oxygens (including phenoxy) is 2. The van der Waals surface area contributed by atoms with Crippen molar-refractivity contribution < 1.29 is 14.3 Å². The fourth-order valence-electron chi connectivity index (χ4n) is 2.48. The van der Waals surface area contributed by atoms with Crippen LogP contribution < -0.4 is 9.64 Å². The van der Waals surface area contributed by atoms with Gasteiger partial charge in [0.15, 0.2) is 5.13 Å². The number of esters is 1. The zero-order valence-corrected chi connectivity index (χ0v) is 17.0. The second-order valence-corrected chi connectivity index (χ2v) is 6.67. The molecule has 0 aliphatic carbocycles. The van der Waals surface area contributed by atoms with Crippen LogP contribution in [-0.4, -0.2) is 37.8 Å². The molecule has 7 heteroatoms. The lowest BCUT2D eigenvalue weighted by molar-refractivity contribution is 0.0522. The molecule has 2 aromatic rings. The molecule has 1 heterocycles. The lowest BCUT2D eigenvalue weighted by Gasteiger charge is -2.16. The van der Waals surface area contributed by atoms with Crippen LogP contribution in [0, 0.1) is 0 Å². The van der Waals surface area contributed by atoms with Crippen LogP contribution in [0.5, 0.6) is 5.75 Å². The van der Waals surface area contributed by atoms with Crippen LogP contribution in [0.3, 0.4) is 0 Å². The lowest BCUT2D eigenvalue weighted by Crippen LogP contribution is -2.21. The van der Waals surface area contributed by atoms with Gasteiger partial charge in [0.1, 0.15) is 16.5 Å². The second-order valence-electron chi connectivity index (χ2n) is 5.30. The largest absolute Gasteiger partial charge is 0.496 e. The third kappa shape index (κ3) is 4.56. The van der Waals surface area contributed by atoms with Gasteiger partial charge < -0.3 is 14.4 Å². The number of anilines is 1. The maximum atomic E-state index is 12.3. The Morgan fingerprint density at radius 1 is 1.27 bits per heavy atom. The molecule has 2 rings (SSSR count). The lowest BCUT2D eigenvalue weighted by atomic mass is 10.1. The van der Waals surface area contributed by atoms with Gasteiger partial charge in [-0.2, -0.15) is 0 Å². The molecule has 0 spiro atoms. The highest BCUT2D eigenvalue weighted by Crippen LogP contribution is 2.32. The summed E-state index contributed by atoms with van der Waals surface area (Å²) in [6.45, 7) is 7.97. The van der Waals surface area contributed by atoms with Gasteiger partial charge in [0.05, 0.1) is 18.6 Å². The summed E-state index contributed by atoms with van der Waals surface area (Å²) >= 11 is 7.80. The highest BCUT2D eigenvalue weighted by atomic mass is 35.5. The monoisotopic (exact) mass is 394 g/mol. The molecule has 5 nitrogen and oxygen atoms in total. The number of aromatic nitrogens is 1. The topological polar surface area (TPSA) is 51.7 Å². The molecular formula is C19H23ClN2O3S. The Morgan fingerprint density at radius 2 is 2.00 bits per heavy atom. The summed E-state index contributed by atoms with van der Waals surface area (Å²) < 4.78 is 10.5. The number of methoxy groups -OCH3 is 1. The summed E-state index contributed by atoms with van der Waals surface area (Å²) in [5, 5.41) is 1.34. The Kier molecular flexibility index (Phi) is 7.48. The molecule has 0 fully saturated rings. The highest BCUT2D eigenvalue weighted by molar-refractivity contribution is 7.17. The summed E-state index contributed by atoms with van der Waals surface area (Å²) in [6, 6.07) is 5.41. The van der Waals surface area contributed by atoms with Crippen molar-refractivity contribution in [2.24, 2.45) is 0 Å². The molecule has 26 heavy (non-hydrogen) atoms. The minimum Gasteiger partial charge on any atom is -0.496 e. The van der Waals surface area contributed by atoms with Crippen LogP contribution in [0.25, 0.3) is 12.2 Å². The number of benzene rings is 1. The molecule has 0 aliphatic rings. The van der Waals surface area contributed by atoms with Gasteiger partial charge in [-0.15, -0.1) is 0 Å². The third-order valence-electron chi connectivity index (χ3n) is 3.80. The number of hydrogen-bond acceptors (Lipinski definition) is 6. The molecule has 140 valence electrons. The fourth-order valence-corrected chi connectivity index (χ4v) is 3.77. The molecule has 1 aromatic heterocycles. The fraction of sp³-hybridized carbons (Fsp3) is 0.368. The summed E-state index contributed by atoms with van der Waals surface area (Å²) in [4.78, 5) is 19.7. The molecule has 0 unspecified atom stereocenters. The number of rotatable bonds is 8. The van der Waals surface area contributed by atoms with E-state index >= 15 is 0 Å². The summed E-state index contributed by atoms with van der Waals surface area (Å²) in [5.74, 6) is 0.0636. The molecule has 0 atom stereocenters. The quantitative estimate of drug-likeness (QED) is 0.590. The normalized spacial score (nSPS) is 11.0. The van der Waals surface area contributed by atoms with Crippen molar-refractivity contribution in [3.63, 3.8) is 0 Å². The number of carbonyl (C=O) groups is 1. The van der Waals surface area contributed by atoms with Crippen molar-refractivity contribution in [2.75, 3.05) is 31.7 Å². The van der Waals surface area contributed by atoms with Crippen molar-refractivity contribution in [3.05, 3.63) is 39.4 Å². The number of hydrogen-bond donors (Lipinski definition) is 0. The van der Waals surface area contributed by atoms with Crippen molar-refractivity contribution in [1.82, 2.24) is 4.98 Å². The van der Waals surface area contributed by atoms with E-state index in [0.717, 1.165) is 23.1 Å². The van der Waals surface area contributed by atoms with E-state index in [1.807, 2.05) is 24.3 Å². The van der Waals surface area contributed by atoms with Crippen LogP contribution in [0.4, 0.5) is 5.13 Å². The van der Waals surface area contributed by atoms with Crippen molar-refractivity contribution >= 4 is 46.2 Å². The highest BCUT2D eigenvalue weighted by Gasteiger charge is 2.17. The Bertz CT molecular complexity index is 785. The molecule has 0 bridgehead atoms. The van der Waals surface area contributed by atoms with Gasteiger partial charge in [0.25, 0.3) is 0 Å². The Hall–Kier alpha value is -2.05. The van der Waals surface area contributed by atoms with E-state index in [0.29, 0.717) is 28.6 Å². The van der Waals surface area contributed by atoms with Gasteiger partial charge in [-0.25, -0.2) is 9.78 Å². The van der Waals surface area contributed by atoms with E-state index < -0.39 is 5.97 Å². The van der Waals surface area contributed by atoms with Gasteiger partial charge in [-0.3, -0.25) is 0 Å². The van der Waals surface area contributed by atoms with Crippen LogP contribution in [-0.2, 0) is 4.74 Å². The Morgan fingerprint density at radius 3 is 2.62 bits per heavy atom. The average molecular weight is 395 g/mol. The molecular weight excluding hydrogens is 372 g/mol. The van der Waals surface area contributed by atoms with Crippen LogP contribution >= 0.6 is 22.9 Å². The maximum absolute atomic E-state index is 12.3. The van der Waals surface area contributed by atoms with E-state index in [1.54, 1.807) is 13.0 Å². The average Bonchev–Trinajstić information content (AvgIpc) is 3.01. The number of nitrogens with zero attached hydrogens (tertiary/aromatic N) is 2. The first-order valence-electron chi connectivity index (χ1n) is 8.49. The predicted octanol–water partition coefficient (Wildman–Crippen LogP) is 5.00. The first-order chi connectivity index (χ1) is 12.5. The molecule has 0 saturated heterocycles. The van der Waals surface area contributed by atoms with Crippen LogP contribution in [0.15, 0.2) is 18.2 Å². The maximum Gasteiger partial charge on any atom is 0.342 e.